The summed E-state index contributed by atoms with van der Waals surface area (Å²) in [5.41, 5.74) is -0.824. The van der Waals surface area contributed by atoms with E-state index in [0.717, 1.165) is 6.07 Å². The summed E-state index contributed by atoms with van der Waals surface area (Å²) in [6.07, 6.45) is 0. The molecule has 0 atom stereocenters. The van der Waals surface area contributed by atoms with Crippen LogP contribution in [0.25, 0.3) is 0 Å². The van der Waals surface area contributed by atoms with Crippen molar-refractivity contribution in [2.45, 2.75) is 6.92 Å². The molecular weight excluding hydrogens is 276 g/mol. The fraction of sp³-hybridized carbons (Fsp3) is 0.0667. The topological polar surface area (TPSA) is 118 Å². The molecule has 6 nitrogen and oxygen atoms in total. The molecule has 0 heterocycles. The van der Waals surface area contributed by atoms with Gasteiger partial charge in [-0.05, 0) is 13.0 Å². The van der Waals surface area contributed by atoms with Crippen molar-refractivity contribution < 1.29 is 30.0 Å². The second kappa shape index (κ2) is 3.99. The highest BCUT2D eigenvalue weighted by molar-refractivity contribution is 6.30. The lowest BCUT2D eigenvalue weighted by atomic mass is 9.82. The summed E-state index contributed by atoms with van der Waals surface area (Å²) < 4.78 is 0. The Bertz CT molecular complexity index is 835. The van der Waals surface area contributed by atoms with E-state index >= 15 is 0 Å². The minimum atomic E-state index is -0.907. The average molecular weight is 285 g/mol. The number of rotatable bonds is 0. The van der Waals surface area contributed by atoms with E-state index in [2.05, 4.69) is 0 Å². The fourth-order valence-electron chi connectivity index (χ4n) is 2.43. The van der Waals surface area contributed by atoms with Crippen LogP contribution in [0.5, 0.6) is 23.0 Å². The zero-order valence-electron chi connectivity index (χ0n) is 10.8. The van der Waals surface area contributed by atoms with Gasteiger partial charge in [0.1, 0.15) is 0 Å². The molecule has 0 saturated carbocycles. The molecule has 2 aromatic carbocycles. The summed E-state index contributed by atoms with van der Waals surface area (Å²) in [6.45, 7) is 1.50. The quantitative estimate of drug-likeness (QED) is 0.529. The standard InChI is InChI=1S/C15H10O6/c1-5-2-3-6-9(11(5)17)14(20)10-7(12(6)18)4-8(16)13(19)15(10)21/h2-4,16-17,19,21H,1H3/p-1. The van der Waals surface area contributed by atoms with Crippen molar-refractivity contribution in [2.24, 2.45) is 0 Å². The minimum absolute atomic E-state index is 0.0763. The fourth-order valence-corrected chi connectivity index (χ4v) is 2.43. The van der Waals surface area contributed by atoms with Crippen molar-refractivity contribution >= 4 is 11.6 Å². The highest BCUT2D eigenvalue weighted by atomic mass is 16.3. The molecule has 0 aliphatic heterocycles. The van der Waals surface area contributed by atoms with Crippen LogP contribution in [0.1, 0.15) is 37.4 Å². The SMILES string of the molecule is Cc1ccc2c(c1[O-])C(=O)c1c(cc(O)c(O)c1O)C2=O. The molecule has 3 rings (SSSR count). The first-order valence-electron chi connectivity index (χ1n) is 6.02. The Morgan fingerprint density at radius 3 is 2.24 bits per heavy atom. The highest BCUT2D eigenvalue weighted by Gasteiger charge is 2.35. The number of phenolic OH excluding ortho intramolecular Hbond substituents is 3. The number of aryl methyl sites for hydroxylation is 1. The first kappa shape index (κ1) is 13.0. The van der Waals surface area contributed by atoms with Gasteiger partial charge in [-0.15, -0.1) is 0 Å². The van der Waals surface area contributed by atoms with Gasteiger partial charge in [0, 0.05) is 16.7 Å². The van der Waals surface area contributed by atoms with Crippen LogP contribution >= 0.6 is 0 Å². The molecule has 21 heavy (non-hydrogen) atoms. The lowest BCUT2D eigenvalue weighted by Gasteiger charge is -2.24. The van der Waals surface area contributed by atoms with E-state index in [0.29, 0.717) is 5.56 Å². The van der Waals surface area contributed by atoms with Crippen molar-refractivity contribution in [1.29, 1.82) is 0 Å². The van der Waals surface area contributed by atoms with E-state index in [1.165, 1.54) is 19.1 Å². The second-order valence-corrected chi connectivity index (χ2v) is 4.81. The van der Waals surface area contributed by atoms with Crippen LogP contribution in [-0.2, 0) is 0 Å². The van der Waals surface area contributed by atoms with Crippen molar-refractivity contribution in [2.75, 3.05) is 0 Å². The Morgan fingerprint density at radius 2 is 1.57 bits per heavy atom. The molecule has 0 unspecified atom stereocenters. The van der Waals surface area contributed by atoms with Crippen LogP contribution in [0.3, 0.4) is 0 Å². The molecule has 0 radical (unpaired) electrons. The van der Waals surface area contributed by atoms with E-state index in [4.69, 9.17) is 0 Å². The lowest BCUT2D eigenvalue weighted by molar-refractivity contribution is -0.269. The van der Waals surface area contributed by atoms with Crippen LogP contribution in [0, 0.1) is 6.92 Å². The molecule has 6 heteroatoms. The van der Waals surface area contributed by atoms with Gasteiger partial charge in [-0.3, -0.25) is 9.59 Å². The van der Waals surface area contributed by atoms with E-state index in [1.807, 2.05) is 0 Å². The van der Waals surface area contributed by atoms with E-state index in [1.54, 1.807) is 0 Å². The summed E-state index contributed by atoms with van der Waals surface area (Å²) in [6, 6.07) is 3.69. The Kier molecular flexibility index (Phi) is 2.47. The summed E-state index contributed by atoms with van der Waals surface area (Å²) in [7, 11) is 0. The first-order chi connectivity index (χ1) is 9.84. The number of carbonyl (C=O) groups is 2. The van der Waals surface area contributed by atoms with E-state index in [9.17, 15) is 30.0 Å². The van der Waals surface area contributed by atoms with Crippen molar-refractivity contribution in [3.63, 3.8) is 0 Å². The zero-order valence-corrected chi connectivity index (χ0v) is 10.8. The van der Waals surface area contributed by atoms with Crippen LogP contribution in [0.2, 0.25) is 0 Å². The molecule has 0 fully saturated rings. The molecule has 3 N–H and O–H groups in total. The van der Waals surface area contributed by atoms with E-state index < -0.39 is 40.1 Å². The number of phenols is 3. The number of hydrogen-bond donors (Lipinski definition) is 3. The smallest absolute Gasteiger partial charge is 0.201 e. The number of carbonyl (C=O) groups excluding carboxylic acids is 2. The number of hydrogen-bond acceptors (Lipinski definition) is 6. The molecule has 0 saturated heterocycles. The third-order valence-electron chi connectivity index (χ3n) is 3.55. The summed E-state index contributed by atoms with van der Waals surface area (Å²) in [4.78, 5) is 24.7. The number of benzene rings is 2. The maximum absolute atomic E-state index is 12.4. The molecule has 0 aromatic heterocycles. The van der Waals surface area contributed by atoms with Crippen molar-refractivity contribution in [1.82, 2.24) is 0 Å². The van der Waals surface area contributed by atoms with Gasteiger partial charge in [0.25, 0.3) is 0 Å². The molecular formula is C15H9O6-. The molecule has 1 aliphatic carbocycles. The molecule has 0 spiro atoms. The van der Waals surface area contributed by atoms with Gasteiger partial charge in [-0.2, -0.15) is 0 Å². The second-order valence-electron chi connectivity index (χ2n) is 4.81. The van der Waals surface area contributed by atoms with Gasteiger partial charge in [0.15, 0.2) is 23.1 Å². The van der Waals surface area contributed by atoms with Crippen LogP contribution in [0.15, 0.2) is 18.2 Å². The summed E-state index contributed by atoms with van der Waals surface area (Å²) >= 11 is 0. The molecule has 106 valence electrons. The minimum Gasteiger partial charge on any atom is -0.872 e. The lowest BCUT2D eigenvalue weighted by Crippen LogP contribution is -2.23. The van der Waals surface area contributed by atoms with Crippen LogP contribution in [-0.4, -0.2) is 26.9 Å². The molecule has 0 amide bonds. The van der Waals surface area contributed by atoms with E-state index in [-0.39, 0.29) is 16.7 Å². The maximum Gasteiger partial charge on any atom is 0.201 e. The van der Waals surface area contributed by atoms with Crippen LogP contribution < -0.4 is 5.11 Å². The first-order valence-corrected chi connectivity index (χ1v) is 6.02. The predicted octanol–water partition coefficient (Wildman–Crippen LogP) is 0.961. The van der Waals surface area contributed by atoms with Gasteiger partial charge < -0.3 is 20.4 Å². The molecule has 2 aromatic rings. The van der Waals surface area contributed by atoms with Gasteiger partial charge in [0.05, 0.1) is 5.56 Å². The van der Waals surface area contributed by atoms with Gasteiger partial charge in [0.2, 0.25) is 5.75 Å². The molecule has 1 aliphatic rings. The normalized spacial score (nSPS) is 13.0. The van der Waals surface area contributed by atoms with Gasteiger partial charge >= 0.3 is 0 Å². The third-order valence-corrected chi connectivity index (χ3v) is 3.55. The maximum atomic E-state index is 12.4. The Hall–Kier alpha value is -3.02. The Labute approximate surface area is 118 Å². The zero-order chi connectivity index (χ0) is 15.5. The Morgan fingerprint density at radius 1 is 0.905 bits per heavy atom. The van der Waals surface area contributed by atoms with Crippen molar-refractivity contribution in [3.05, 3.63) is 46.0 Å². The predicted molar refractivity (Wildman–Crippen MR) is 68.9 cm³/mol. The highest BCUT2D eigenvalue weighted by Crippen LogP contribution is 2.44. The monoisotopic (exact) mass is 285 g/mol. The largest absolute Gasteiger partial charge is 0.872 e. The average Bonchev–Trinajstić information content (AvgIpc) is 2.44. The Balaban J connectivity index is 2.42. The summed E-state index contributed by atoms with van der Waals surface area (Å²) in [5.74, 6) is -4.63. The number of ketones is 2. The third kappa shape index (κ3) is 1.53. The number of aromatic hydroxyl groups is 3. The van der Waals surface area contributed by atoms with Gasteiger partial charge in [-0.1, -0.05) is 23.4 Å². The summed E-state index contributed by atoms with van der Waals surface area (Å²) in [5, 5.41) is 40.9. The van der Waals surface area contributed by atoms with Crippen molar-refractivity contribution in [3.8, 4) is 23.0 Å². The molecule has 0 bridgehead atoms. The van der Waals surface area contributed by atoms with Gasteiger partial charge in [-0.25, -0.2) is 0 Å². The van der Waals surface area contributed by atoms with Crippen LogP contribution in [0.4, 0.5) is 0 Å². The number of fused-ring (bicyclic) bond motifs is 2.